The molecule has 0 radical (unpaired) electrons. The van der Waals surface area contributed by atoms with Gasteiger partial charge in [0.1, 0.15) is 6.54 Å². The van der Waals surface area contributed by atoms with E-state index < -0.39 is 9.84 Å². The number of carbonyl (C=O) groups is 1. The number of hydrogen-bond donors (Lipinski definition) is 2. The third-order valence-corrected chi connectivity index (χ3v) is 6.16. The van der Waals surface area contributed by atoms with Crippen molar-refractivity contribution in [1.82, 2.24) is 15.5 Å². The molecule has 140 valence electrons. The number of carbonyl (C=O) groups excluding carboxylic acids is 1. The van der Waals surface area contributed by atoms with E-state index in [0.29, 0.717) is 18.4 Å². The third kappa shape index (κ3) is 7.12. The summed E-state index contributed by atoms with van der Waals surface area (Å²) in [5.41, 5.74) is 0. The van der Waals surface area contributed by atoms with E-state index in [2.05, 4.69) is 15.6 Å². The first-order valence-electron chi connectivity index (χ1n) is 8.34. The zero-order valence-electron chi connectivity index (χ0n) is 14.5. The first-order chi connectivity index (χ1) is 10.9. The monoisotopic (exact) mass is 472 g/mol. The van der Waals surface area contributed by atoms with Gasteiger partial charge in [-0.1, -0.05) is 19.3 Å². The van der Waals surface area contributed by atoms with Crippen LogP contribution in [0.5, 0.6) is 0 Å². The molecule has 2 fully saturated rings. The maximum absolute atomic E-state index is 11.7. The molecule has 1 atom stereocenters. The van der Waals surface area contributed by atoms with Crippen molar-refractivity contribution in [2.75, 3.05) is 32.1 Å². The maximum Gasteiger partial charge on any atom is 0.243 e. The molecule has 1 amide bonds. The minimum absolute atomic E-state index is 0. The molecule has 24 heavy (non-hydrogen) atoms. The third-order valence-electron chi connectivity index (χ3n) is 4.39. The van der Waals surface area contributed by atoms with Crippen molar-refractivity contribution >= 4 is 45.7 Å². The molecule has 0 aromatic heterocycles. The smallest absolute Gasteiger partial charge is 0.243 e. The van der Waals surface area contributed by atoms with E-state index in [-0.39, 0.29) is 54.0 Å². The summed E-state index contributed by atoms with van der Waals surface area (Å²) in [7, 11) is 0.456. The van der Waals surface area contributed by atoms with Crippen molar-refractivity contribution in [2.45, 2.75) is 50.6 Å². The lowest BCUT2D eigenvalue weighted by atomic mass is 9.96. The Morgan fingerprint density at radius 1 is 1.08 bits per heavy atom. The fraction of sp³-hybridized carbons (Fsp3) is 0.867. The number of likely N-dealkylation sites (N-methyl/N-ethyl adjacent to an activating group) is 1. The van der Waals surface area contributed by atoms with E-state index in [4.69, 9.17) is 0 Å². The van der Waals surface area contributed by atoms with Crippen LogP contribution in [0.15, 0.2) is 4.99 Å². The second-order valence-corrected chi connectivity index (χ2v) is 8.91. The SMILES string of the molecule is CN(C)C(=O)CN=C(NC1CCCCC1)NC1CCS(=O)(=O)C1.I. The lowest BCUT2D eigenvalue weighted by Gasteiger charge is -2.26. The van der Waals surface area contributed by atoms with Gasteiger partial charge in [-0.3, -0.25) is 4.79 Å². The number of amides is 1. The van der Waals surface area contributed by atoms with Crippen molar-refractivity contribution in [3.63, 3.8) is 0 Å². The summed E-state index contributed by atoms with van der Waals surface area (Å²) < 4.78 is 23.2. The van der Waals surface area contributed by atoms with Crippen molar-refractivity contribution in [1.29, 1.82) is 0 Å². The number of sulfone groups is 1. The highest BCUT2D eigenvalue weighted by Gasteiger charge is 2.29. The minimum atomic E-state index is -2.94. The summed E-state index contributed by atoms with van der Waals surface area (Å²) in [6, 6.07) is 0.228. The van der Waals surface area contributed by atoms with Gasteiger partial charge in [0, 0.05) is 26.2 Å². The predicted molar refractivity (Wildman–Crippen MR) is 107 cm³/mol. The Bertz CT molecular complexity index is 545. The molecule has 0 spiro atoms. The van der Waals surface area contributed by atoms with Crippen LogP contribution in [-0.2, 0) is 14.6 Å². The van der Waals surface area contributed by atoms with E-state index in [1.807, 2.05) is 0 Å². The first kappa shape index (κ1) is 21.5. The molecule has 1 aliphatic heterocycles. The largest absolute Gasteiger partial charge is 0.354 e. The Balaban J connectivity index is 0.00000288. The molecule has 0 aromatic rings. The summed E-state index contributed by atoms with van der Waals surface area (Å²) in [6.45, 7) is 0.0640. The quantitative estimate of drug-likeness (QED) is 0.358. The lowest BCUT2D eigenvalue weighted by Crippen LogP contribution is -2.48. The van der Waals surface area contributed by atoms with E-state index in [1.54, 1.807) is 14.1 Å². The minimum Gasteiger partial charge on any atom is -0.354 e. The number of hydrogen-bond acceptors (Lipinski definition) is 4. The second-order valence-electron chi connectivity index (χ2n) is 6.68. The van der Waals surface area contributed by atoms with Gasteiger partial charge in [-0.05, 0) is 19.3 Å². The van der Waals surface area contributed by atoms with Crippen LogP contribution >= 0.6 is 24.0 Å². The first-order valence-corrected chi connectivity index (χ1v) is 10.2. The molecule has 2 rings (SSSR count). The fourth-order valence-electron chi connectivity index (χ4n) is 2.96. The lowest BCUT2D eigenvalue weighted by molar-refractivity contribution is -0.127. The molecule has 1 heterocycles. The highest BCUT2D eigenvalue weighted by atomic mass is 127. The van der Waals surface area contributed by atoms with Gasteiger partial charge < -0.3 is 15.5 Å². The van der Waals surface area contributed by atoms with Gasteiger partial charge in [-0.15, -0.1) is 24.0 Å². The maximum atomic E-state index is 11.7. The standard InChI is InChI=1S/C15H28N4O3S.HI/c1-19(2)14(20)10-16-15(17-12-6-4-3-5-7-12)18-13-8-9-23(21,22)11-13;/h12-13H,3-11H2,1-2H3,(H2,16,17,18);1H. The molecule has 0 bridgehead atoms. The van der Waals surface area contributed by atoms with E-state index >= 15 is 0 Å². The van der Waals surface area contributed by atoms with Crippen LogP contribution in [0.4, 0.5) is 0 Å². The Hall–Kier alpha value is -0.580. The number of halogens is 1. The number of aliphatic imine (C=N–C) groups is 1. The molecule has 7 nitrogen and oxygen atoms in total. The Labute approximate surface area is 162 Å². The summed E-state index contributed by atoms with van der Waals surface area (Å²) in [5, 5.41) is 6.58. The van der Waals surface area contributed by atoms with Crippen molar-refractivity contribution in [3.05, 3.63) is 0 Å². The van der Waals surface area contributed by atoms with Crippen LogP contribution in [0, 0.1) is 0 Å². The normalized spacial score (nSPS) is 24.1. The van der Waals surface area contributed by atoms with Gasteiger partial charge >= 0.3 is 0 Å². The van der Waals surface area contributed by atoms with Gasteiger partial charge in [0.25, 0.3) is 0 Å². The van der Waals surface area contributed by atoms with E-state index in [0.717, 1.165) is 12.8 Å². The molecule has 1 saturated carbocycles. The number of rotatable bonds is 4. The summed E-state index contributed by atoms with van der Waals surface area (Å²) >= 11 is 0. The number of nitrogens with zero attached hydrogens (tertiary/aromatic N) is 2. The van der Waals surface area contributed by atoms with E-state index in [9.17, 15) is 13.2 Å². The van der Waals surface area contributed by atoms with Gasteiger partial charge in [0.15, 0.2) is 15.8 Å². The zero-order chi connectivity index (χ0) is 16.9. The number of guanidine groups is 1. The summed E-state index contributed by atoms with van der Waals surface area (Å²) in [4.78, 5) is 17.6. The van der Waals surface area contributed by atoms with Gasteiger partial charge in [-0.25, -0.2) is 13.4 Å². The van der Waals surface area contributed by atoms with Gasteiger partial charge in [0.05, 0.1) is 11.5 Å². The second kappa shape index (κ2) is 9.79. The Morgan fingerprint density at radius 2 is 1.71 bits per heavy atom. The van der Waals surface area contributed by atoms with Crippen LogP contribution in [0.25, 0.3) is 0 Å². The van der Waals surface area contributed by atoms with Crippen molar-refractivity contribution < 1.29 is 13.2 Å². The molecular formula is C15H29IN4O3S. The highest BCUT2D eigenvalue weighted by molar-refractivity contribution is 14.0. The zero-order valence-corrected chi connectivity index (χ0v) is 17.6. The van der Waals surface area contributed by atoms with Crippen LogP contribution in [0.2, 0.25) is 0 Å². The highest BCUT2D eigenvalue weighted by Crippen LogP contribution is 2.17. The number of nitrogens with one attached hydrogen (secondary N) is 2. The summed E-state index contributed by atoms with van der Waals surface area (Å²) in [6.07, 6.45) is 6.42. The fourth-order valence-corrected chi connectivity index (χ4v) is 4.64. The summed E-state index contributed by atoms with van der Waals surface area (Å²) in [5.74, 6) is 0.848. The van der Waals surface area contributed by atoms with Crippen molar-refractivity contribution in [3.8, 4) is 0 Å². The Morgan fingerprint density at radius 3 is 2.25 bits per heavy atom. The molecular weight excluding hydrogens is 443 g/mol. The topological polar surface area (TPSA) is 90.9 Å². The average molecular weight is 472 g/mol. The molecule has 2 aliphatic rings. The molecule has 1 unspecified atom stereocenters. The molecule has 9 heteroatoms. The molecule has 1 aliphatic carbocycles. The van der Waals surface area contributed by atoms with Crippen molar-refractivity contribution in [2.24, 2.45) is 4.99 Å². The van der Waals surface area contributed by atoms with E-state index in [1.165, 1.54) is 24.2 Å². The van der Waals surface area contributed by atoms with Gasteiger partial charge in [0.2, 0.25) is 5.91 Å². The van der Waals surface area contributed by atoms with Crippen LogP contribution < -0.4 is 10.6 Å². The van der Waals surface area contributed by atoms with Gasteiger partial charge in [-0.2, -0.15) is 0 Å². The average Bonchev–Trinajstić information content (AvgIpc) is 2.84. The van der Waals surface area contributed by atoms with Crippen LogP contribution in [-0.4, -0.2) is 69.4 Å². The Kier molecular flexibility index (Phi) is 8.75. The molecule has 2 N–H and O–H groups in total. The van der Waals surface area contributed by atoms with Crippen LogP contribution in [0.3, 0.4) is 0 Å². The molecule has 1 saturated heterocycles. The molecule has 0 aromatic carbocycles. The van der Waals surface area contributed by atoms with Crippen LogP contribution in [0.1, 0.15) is 38.5 Å². The predicted octanol–water partition coefficient (Wildman–Crippen LogP) is 0.748.